The lowest BCUT2D eigenvalue weighted by Crippen LogP contribution is -2.31. The number of aliphatic hydroxyl groups excluding tert-OH is 1. The SMILES string of the molecule is CC[C@H](Nc1nc(N(C)c2cnc(C)cc2C)c2ncn(C(C)C)c2n1)[C@@H](C)O. The first kappa shape index (κ1) is 21.0. The van der Waals surface area contributed by atoms with Crippen LogP contribution in [-0.4, -0.2) is 48.8 Å². The summed E-state index contributed by atoms with van der Waals surface area (Å²) in [6.45, 7) is 12.0. The molecule has 3 heterocycles. The number of imidazole rings is 1. The Kier molecular flexibility index (Phi) is 6.02. The van der Waals surface area contributed by atoms with E-state index >= 15 is 0 Å². The minimum absolute atomic E-state index is 0.135. The number of nitrogens with zero attached hydrogens (tertiary/aromatic N) is 6. The summed E-state index contributed by atoms with van der Waals surface area (Å²) in [5, 5.41) is 13.3. The van der Waals surface area contributed by atoms with Gasteiger partial charge in [0.15, 0.2) is 17.0 Å². The van der Waals surface area contributed by atoms with Crippen molar-refractivity contribution in [2.45, 2.75) is 66.2 Å². The van der Waals surface area contributed by atoms with E-state index in [1.165, 1.54) is 0 Å². The fraction of sp³-hybridized carbons (Fsp3) is 0.524. The molecular weight excluding hydrogens is 366 g/mol. The van der Waals surface area contributed by atoms with Gasteiger partial charge in [-0.3, -0.25) is 4.98 Å². The smallest absolute Gasteiger partial charge is 0.227 e. The number of aryl methyl sites for hydroxylation is 2. The topological polar surface area (TPSA) is 92.0 Å². The van der Waals surface area contributed by atoms with Crippen molar-refractivity contribution in [1.82, 2.24) is 24.5 Å². The summed E-state index contributed by atoms with van der Waals surface area (Å²) in [7, 11) is 1.96. The largest absolute Gasteiger partial charge is 0.391 e. The molecule has 156 valence electrons. The molecule has 0 fully saturated rings. The molecular formula is C21H31N7O. The average molecular weight is 398 g/mol. The lowest BCUT2D eigenvalue weighted by molar-refractivity contribution is 0.169. The van der Waals surface area contributed by atoms with Crippen molar-refractivity contribution in [2.75, 3.05) is 17.3 Å². The monoisotopic (exact) mass is 397 g/mol. The van der Waals surface area contributed by atoms with Crippen molar-refractivity contribution in [2.24, 2.45) is 0 Å². The third kappa shape index (κ3) is 4.17. The number of rotatable bonds is 7. The molecule has 0 spiro atoms. The highest BCUT2D eigenvalue weighted by atomic mass is 16.3. The molecule has 8 heteroatoms. The molecule has 3 rings (SSSR count). The number of nitrogens with one attached hydrogen (secondary N) is 1. The van der Waals surface area contributed by atoms with Gasteiger partial charge in [0.1, 0.15) is 0 Å². The lowest BCUT2D eigenvalue weighted by Gasteiger charge is -2.23. The van der Waals surface area contributed by atoms with Crippen LogP contribution in [0.25, 0.3) is 11.2 Å². The first-order chi connectivity index (χ1) is 13.7. The van der Waals surface area contributed by atoms with Gasteiger partial charge in [-0.25, -0.2) is 4.98 Å². The Hall–Kier alpha value is -2.74. The molecule has 8 nitrogen and oxygen atoms in total. The van der Waals surface area contributed by atoms with E-state index in [1.54, 1.807) is 13.3 Å². The van der Waals surface area contributed by atoms with E-state index in [4.69, 9.17) is 9.97 Å². The standard InChI is InChI=1S/C21H31N7O/c1-8-16(15(6)29)24-21-25-19(18-20(26-21)28(11-23-18)12(2)3)27(7)17-10-22-14(5)9-13(17)4/h9-12,15-16,29H,8H2,1-7H3,(H,24,25,26)/t15-,16+/m1/s1. The minimum atomic E-state index is -0.515. The van der Waals surface area contributed by atoms with Crippen LogP contribution in [0.1, 0.15) is 51.4 Å². The Bertz CT molecular complexity index is 996. The zero-order chi connectivity index (χ0) is 21.3. The van der Waals surface area contributed by atoms with Crippen molar-refractivity contribution < 1.29 is 5.11 Å². The Labute approximate surface area is 172 Å². The number of pyridine rings is 1. The number of aliphatic hydroxyl groups is 1. The molecule has 3 aromatic heterocycles. The molecule has 0 bridgehead atoms. The quantitative estimate of drug-likeness (QED) is 0.627. The van der Waals surface area contributed by atoms with Gasteiger partial charge in [-0.15, -0.1) is 0 Å². The predicted molar refractivity (Wildman–Crippen MR) is 117 cm³/mol. The fourth-order valence-corrected chi connectivity index (χ4v) is 3.46. The molecule has 2 N–H and O–H groups in total. The highest BCUT2D eigenvalue weighted by Crippen LogP contribution is 2.31. The molecule has 0 aromatic carbocycles. The molecule has 0 aliphatic carbocycles. The van der Waals surface area contributed by atoms with Crippen molar-refractivity contribution in [1.29, 1.82) is 0 Å². The summed E-state index contributed by atoms with van der Waals surface area (Å²) in [6, 6.07) is 2.13. The third-order valence-corrected chi connectivity index (χ3v) is 5.19. The minimum Gasteiger partial charge on any atom is -0.391 e. The Morgan fingerprint density at radius 1 is 1.17 bits per heavy atom. The Morgan fingerprint density at radius 3 is 2.48 bits per heavy atom. The van der Waals surface area contributed by atoms with Gasteiger partial charge in [-0.05, 0) is 52.7 Å². The lowest BCUT2D eigenvalue weighted by atomic mass is 10.1. The number of hydrogen-bond acceptors (Lipinski definition) is 7. The van der Waals surface area contributed by atoms with Crippen LogP contribution in [-0.2, 0) is 0 Å². The van der Waals surface area contributed by atoms with Gasteiger partial charge >= 0.3 is 0 Å². The summed E-state index contributed by atoms with van der Waals surface area (Å²) in [5.41, 5.74) is 4.54. The van der Waals surface area contributed by atoms with Crippen molar-refractivity contribution in [3.05, 3.63) is 29.8 Å². The molecule has 0 saturated heterocycles. The number of aromatic nitrogens is 5. The maximum atomic E-state index is 10.1. The van der Waals surface area contributed by atoms with Gasteiger partial charge < -0.3 is 19.9 Å². The van der Waals surface area contributed by atoms with Crippen LogP contribution in [0, 0.1) is 13.8 Å². The van der Waals surface area contributed by atoms with Crippen LogP contribution in [0.5, 0.6) is 0 Å². The van der Waals surface area contributed by atoms with Crippen LogP contribution >= 0.6 is 0 Å². The molecule has 3 aromatic rings. The second-order valence-corrected chi connectivity index (χ2v) is 7.86. The van der Waals surface area contributed by atoms with Crippen molar-refractivity contribution in [3.8, 4) is 0 Å². The van der Waals surface area contributed by atoms with Crippen LogP contribution in [0.2, 0.25) is 0 Å². The van der Waals surface area contributed by atoms with E-state index in [-0.39, 0.29) is 12.1 Å². The summed E-state index contributed by atoms with van der Waals surface area (Å²) in [5.74, 6) is 1.18. The fourth-order valence-electron chi connectivity index (χ4n) is 3.46. The van der Waals surface area contributed by atoms with E-state index < -0.39 is 6.10 Å². The molecule has 0 unspecified atom stereocenters. The van der Waals surface area contributed by atoms with Crippen molar-refractivity contribution in [3.63, 3.8) is 0 Å². The van der Waals surface area contributed by atoms with Gasteiger partial charge in [0.25, 0.3) is 0 Å². The summed E-state index contributed by atoms with van der Waals surface area (Å²) >= 11 is 0. The Balaban J connectivity index is 2.16. The maximum absolute atomic E-state index is 10.1. The third-order valence-electron chi connectivity index (χ3n) is 5.19. The van der Waals surface area contributed by atoms with E-state index in [0.29, 0.717) is 11.8 Å². The van der Waals surface area contributed by atoms with Crippen LogP contribution in [0.4, 0.5) is 17.5 Å². The zero-order valence-corrected chi connectivity index (χ0v) is 18.3. The van der Waals surface area contributed by atoms with E-state index in [0.717, 1.165) is 34.5 Å². The zero-order valence-electron chi connectivity index (χ0n) is 18.3. The molecule has 0 amide bonds. The van der Waals surface area contributed by atoms with E-state index in [9.17, 15) is 5.11 Å². The van der Waals surface area contributed by atoms with Crippen LogP contribution in [0.15, 0.2) is 18.6 Å². The molecule has 0 radical (unpaired) electrons. The maximum Gasteiger partial charge on any atom is 0.227 e. The molecule has 0 aliphatic rings. The normalized spacial score (nSPS) is 13.7. The van der Waals surface area contributed by atoms with Gasteiger partial charge in [-0.1, -0.05) is 6.92 Å². The highest BCUT2D eigenvalue weighted by Gasteiger charge is 2.21. The summed E-state index contributed by atoms with van der Waals surface area (Å²) < 4.78 is 2.03. The average Bonchev–Trinajstić information content (AvgIpc) is 3.08. The number of hydrogen-bond donors (Lipinski definition) is 2. The van der Waals surface area contributed by atoms with Crippen molar-refractivity contribution >= 4 is 28.6 Å². The first-order valence-corrected chi connectivity index (χ1v) is 10.1. The predicted octanol–water partition coefficient (Wildman–Crippen LogP) is 3.76. The van der Waals surface area contributed by atoms with Gasteiger partial charge in [0.2, 0.25) is 5.95 Å². The molecule has 0 aliphatic heterocycles. The number of anilines is 3. The summed E-state index contributed by atoms with van der Waals surface area (Å²) in [4.78, 5) is 20.6. The van der Waals surface area contributed by atoms with Gasteiger partial charge in [0, 0.05) is 18.8 Å². The molecule has 29 heavy (non-hydrogen) atoms. The van der Waals surface area contributed by atoms with Gasteiger partial charge in [0.05, 0.1) is 30.4 Å². The summed E-state index contributed by atoms with van der Waals surface area (Å²) in [6.07, 6.45) is 3.90. The molecule has 2 atom stereocenters. The second kappa shape index (κ2) is 8.32. The van der Waals surface area contributed by atoms with Gasteiger partial charge in [-0.2, -0.15) is 9.97 Å². The number of fused-ring (bicyclic) bond motifs is 1. The highest BCUT2D eigenvalue weighted by molar-refractivity contribution is 5.87. The first-order valence-electron chi connectivity index (χ1n) is 10.1. The van der Waals surface area contributed by atoms with E-state index in [1.807, 2.05) is 36.6 Å². The van der Waals surface area contributed by atoms with Crippen LogP contribution < -0.4 is 10.2 Å². The molecule has 0 saturated carbocycles. The Morgan fingerprint density at radius 2 is 1.90 bits per heavy atom. The van der Waals surface area contributed by atoms with E-state index in [2.05, 4.69) is 42.1 Å². The second-order valence-electron chi connectivity index (χ2n) is 7.86. The van der Waals surface area contributed by atoms with Crippen LogP contribution in [0.3, 0.4) is 0 Å².